The molecule has 1 aliphatic carbocycles. The van der Waals surface area contributed by atoms with E-state index in [1.807, 2.05) is 67.8 Å². The number of halogens is 3. The Morgan fingerprint density at radius 1 is 1.20 bits per heavy atom. The van der Waals surface area contributed by atoms with Crippen molar-refractivity contribution in [1.29, 1.82) is 0 Å². The smallest absolute Gasteiger partial charge is 0.333 e. The second kappa shape index (κ2) is 6.46. The monoisotopic (exact) mass is 616 g/mol. The molecule has 0 fully saturated rings. The maximum absolute atomic E-state index is 12.3. The summed E-state index contributed by atoms with van der Waals surface area (Å²) in [6.07, 6.45) is 0. The maximum Gasteiger partial charge on any atom is 0.333 e. The fraction of sp³-hybridized carbons (Fsp3) is 0.364. The molecule has 0 aromatic heterocycles. The summed E-state index contributed by atoms with van der Waals surface area (Å²) in [4.78, 5) is 35.6. The molecule has 0 aromatic carbocycles. The second-order valence-corrected chi connectivity index (χ2v) is 7.51. The molecule has 6 nitrogen and oxygen atoms in total. The minimum absolute atomic E-state index is 0.257. The van der Waals surface area contributed by atoms with Gasteiger partial charge in [0.1, 0.15) is 0 Å². The van der Waals surface area contributed by atoms with Gasteiger partial charge in [0, 0.05) is 16.2 Å². The van der Waals surface area contributed by atoms with Crippen LogP contribution in [0.2, 0.25) is 0 Å². The minimum Gasteiger partial charge on any atom is -0.400 e. The van der Waals surface area contributed by atoms with Gasteiger partial charge >= 0.3 is 11.9 Å². The summed E-state index contributed by atoms with van der Waals surface area (Å²) in [6, 6.07) is 0. The minimum atomic E-state index is -1.67. The van der Waals surface area contributed by atoms with Crippen molar-refractivity contribution in [3.8, 4) is 0 Å². The van der Waals surface area contributed by atoms with Crippen molar-refractivity contribution < 1.29 is 19.1 Å². The molecular formula is C11H11I3N2O4. The molecule has 0 heterocycles. The first-order valence-electron chi connectivity index (χ1n) is 5.27. The molecule has 0 saturated carbocycles. The molecule has 1 rings (SSSR count). The number of alkyl halides is 1. The molecule has 4 N–H and O–H groups in total. The van der Waals surface area contributed by atoms with Crippen LogP contribution in [-0.4, -0.2) is 21.6 Å². The number of Topliss-reactive ketones (excluding diaryl/α,β-unsaturated/α-hetero) is 1. The van der Waals surface area contributed by atoms with Gasteiger partial charge in [-0.2, -0.15) is 0 Å². The highest BCUT2D eigenvalue weighted by Crippen LogP contribution is 2.50. The number of rotatable bonds is 2. The van der Waals surface area contributed by atoms with Crippen molar-refractivity contribution in [2.45, 2.75) is 17.8 Å². The number of ether oxygens (including phenoxy) is 1. The highest BCUT2D eigenvalue weighted by atomic mass is 127. The number of allylic oxidation sites excluding steroid dienone is 2. The molecule has 0 radical (unpaired) electrons. The van der Waals surface area contributed by atoms with E-state index in [-0.39, 0.29) is 5.70 Å². The Morgan fingerprint density at radius 3 is 2.10 bits per heavy atom. The third-order valence-electron chi connectivity index (χ3n) is 2.84. The Hall–Kier alpha value is 0.0800. The SMILES string of the molecule is CC(=O)OC(=O)C1(C(C)=O)C(I)=C(N)C(I)=C(N)C1I. The first kappa shape index (κ1) is 18.1. The molecule has 2 unspecified atom stereocenters. The number of hydrogen-bond donors (Lipinski definition) is 2. The van der Waals surface area contributed by atoms with Crippen LogP contribution in [0.5, 0.6) is 0 Å². The average molecular weight is 616 g/mol. The molecule has 1 aliphatic rings. The van der Waals surface area contributed by atoms with E-state index in [1.165, 1.54) is 6.92 Å². The fourth-order valence-electron chi connectivity index (χ4n) is 1.80. The fourth-order valence-corrected chi connectivity index (χ4v) is 6.59. The Morgan fingerprint density at radius 2 is 1.70 bits per heavy atom. The summed E-state index contributed by atoms with van der Waals surface area (Å²) in [7, 11) is 0. The van der Waals surface area contributed by atoms with Crippen molar-refractivity contribution in [2.24, 2.45) is 16.9 Å². The molecule has 0 aliphatic heterocycles. The van der Waals surface area contributed by atoms with Crippen molar-refractivity contribution in [1.82, 2.24) is 0 Å². The number of esters is 2. The van der Waals surface area contributed by atoms with E-state index in [0.717, 1.165) is 6.92 Å². The zero-order valence-electron chi connectivity index (χ0n) is 10.5. The number of ketones is 1. The first-order valence-corrected chi connectivity index (χ1v) is 8.67. The van der Waals surface area contributed by atoms with E-state index in [1.54, 1.807) is 0 Å². The van der Waals surface area contributed by atoms with E-state index < -0.39 is 27.1 Å². The third kappa shape index (κ3) is 2.71. The average Bonchev–Trinajstić information content (AvgIpc) is 2.33. The lowest BCUT2D eigenvalue weighted by Crippen LogP contribution is -2.51. The Kier molecular flexibility index (Phi) is 5.85. The molecule has 0 bridgehead atoms. The van der Waals surface area contributed by atoms with Crippen LogP contribution in [-0.2, 0) is 19.1 Å². The van der Waals surface area contributed by atoms with E-state index in [0.29, 0.717) is 12.9 Å². The highest BCUT2D eigenvalue weighted by Gasteiger charge is 2.57. The third-order valence-corrected chi connectivity index (χ3v) is 7.08. The van der Waals surface area contributed by atoms with Gasteiger partial charge in [-0.15, -0.1) is 0 Å². The van der Waals surface area contributed by atoms with Crippen LogP contribution in [0.3, 0.4) is 0 Å². The number of nitrogens with two attached hydrogens (primary N) is 2. The lowest BCUT2D eigenvalue weighted by atomic mass is 9.76. The van der Waals surface area contributed by atoms with Gasteiger partial charge in [0.15, 0.2) is 11.2 Å². The number of carbonyl (C=O) groups excluding carboxylic acids is 3. The van der Waals surface area contributed by atoms with Gasteiger partial charge < -0.3 is 16.2 Å². The zero-order chi connectivity index (χ0) is 15.8. The van der Waals surface area contributed by atoms with Crippen molar-refractivity contribution in [3.05, 3.63) is 18.6 Å². The van der Waals surface area contributed by atoms with Crippen LogP contribution in [0, 0.1) is 5.41 Å². The molecule has 110 valence electrons. The maximum atomic E-state index is 12.3. The number of hydrogen-bond acceptors (Lipinski definition) is 6. The Labute approximate surface area is 156 Å². The molecule has 0 aromatic rings. The summed E-state index contributed by atoms with van der Waals surface area (Å²) < 4.78 is 4.90. The predicted molar refractivity (Wildman–Crippen MR) is 98.2 cm³/mol. The molecule has 2 atom stereocenters. The van der Waals surface area contributed by atoms with Gasteiger partial charge in [-0.1, -0.05) is 22.6 Å². The van der Waals surface area contributed by atoms with E-state index in [4.69, 9.17) is 11.5 Å². The molecular weight excluding hydrogens is 605 g/mol. The molecule has 0 saturated heterocycles. The van der Waals surface area contributed by atoms with Crippen LogP contribution >= 0.6 is 67.8 Å². The van der Waals surface area contributed by atoms with Crippen LogP contribution in [0.15, 0.2) is 18.6 Å². The topological polar surface area (TPSA) is 112 Å². The van der Waals surface area contributed by atoms with Gasteiger partial charge in [0.05, 0.1) is 13.2 Å². The number of carbonyl (C=O) groups is 3. The standard InChI is InChI=1S/C11H11I3N2O4/c1-3(17)11(10(19)20-4(2)18)8(13)6(15)5(12)7(16)9(11)14/h8H,15-16H2,1-2H3. The summed E-state index contributed by atoms with van der Waals surface area (Å²) >= 11 is 5.70. The molecule has 0 amide bonds. The molecule has 20 heavy (non-hydrogen) atoms. The van der Waals surface area contributed by atoms with E-state index in [9.17, 15) is 14.4 Å². The van der Waals surface area contributed by atoms with Gasteiger partial charge in [-0.05, 0) is 52.1 Å². The zero-order valence-corrected chi connectivity index (χ0v) is 17.0. The van der Waals surface area contributed by atoms with Crippen LogP contribution in [0.25, 0.3) is 0 Å². The highest BCUT2D eigenvalue weighted by molar-refractivity contribution is 14.1. The van der Waals surface area contributed by atoms with Gasteiger partial charge in [0.2, 0.25) is 0 Å². The summed E-state index contributed by atoms with van der Waals surface area (Å²) in [5, 5.41) is 0. The van der Waals surface area contributed by atoms with Crippen molar-refractivity contribution in [2.75, 3.05) is 0 Å². The Balaban J connectivity index is 3.59. The van der Waals surface area contributed by atoms with Crippen LogP contribution < -0.4 is 11.5 Å². The Bertz CT molecular complexity index is 570. The largest absolute Gasteiger partial charge is 0.400 e. The van der Waals surface area contributed by atoms with Crippen LogP contribution in [0.1, 0.15) is 13.8 Å². The van der Waals surface area contributed by atoms with E-state index >= 15 is 0 Å². The van der Waals surface area contributed by atoms with Gasteiger partial charge in [-0.3, -0.25) is 14.4 Å². The first-order chi connectivity index (χ1) is 9.08. The predicted octanol–water partition coefficient (Wildman–Crippen LogP) is 1.68. The summed E-state index contributed by atoms with van der Waals surface area (Å²) in [5.74, 6) is -2.21. The van der Waals surface area contributed by atoms with Crippen molar-refractivity contribution >= 4 is 85.5 Å². The summed E-state index contributed by atoms with van der Waals surface area (Å²) in [6.45, 7) is 2.35. The lowest BCUT2D eigenvalue weighted by molar-refractivity contribution is -0.165. The van der Waals surface area contributed by atoms with Gasteiger partial charge in [-0.25, -0.2) is 0 Å². The molecule has 0 spiro atoms. The normalized spacial score (nSPS) is 26.6. The van der Waals surface area contributed by atoms with Gasteiger partial charge in [0.25, 0.3) is 0 Å². The summed E-state index contributed by atoms with van der Waals surface area (Å²) in [5.41, 5.74) is 10.8. The second-order valence-electron chi connectivity index (χ2n) is 4.10. The van der Waals surface area contributed by atoms with Crippen LogP contribution in [0.4, 0.5) is 0 Å². The quantitative estimate of drug-likeness (QED) is 0.212. The van der Waals surface area contributed by atoms with Crippen molar-refractivity contribution in [3.63, 3.8) is 0 Å². The lowest BCUT2D eigenvalue weighted by Gasteiger charge is -2.37. The molecule has 9 heteroatoms. The van der Waals surface area contributed by atoms with E-state index in [2.05, 4.69) is 4.74 Å².